The Morgan fingerprint density at radius 3 is 2.37 bits per heavy atom. The highest BCUT2D eigenvalue weighted by molar-refractivity contribution is 6.30. The van der Waals surface area contributed by atoms with E-state index >= 15 is 0 Å². The molecule has 6 nitrogen and oxygen atoms in total. The average molecular weight is 429 g/mol. The van der Waals surface area contributed by atoms with Crippen LogP contribution in [0.3, 0.4) is 0 Å². The molecule has 0 unspecified atom stereocenters. The minimum atomic E-state index is -0.498. The van der Waals surface area contributed by atoms with Gasteiger partial charge in [-0.05, 0) is 36.4 Å². The lowest BCUT2D eigenvalue weighted by atomic mass is 10.2. The predicted molar refractivity (Wildman–Crippen MR) is 113 cm³/mol. The number of halogens is 2. The van der Waals surface area contributed by atoms with Crippen LogP contribution in [0.1, 0.15) is 16.8 Å². The van der Waals surface area contributed by atoms with Crippen LogP contribution in [-0.4, -0.2) is 60.9 Å². The van der Waals surface area contributed by atoms with Crippen molar-refractivity contribution in [3.05, 3.63) is 64.9 Å². The Morgan fingerprint density at radius 1 is 1.07 bits per heavy atom. The van der Waals surface area contributed by atoms with Gasteiger partial charge in [0.05, 0.1) is 24.7 Å². The van der Waals surface area contributed by atoms with E-state index < -0.39 is 5.82 Å². The van der Waals surface area contributed by atoms with E-state index in [1.807, 2.05) is 11.0 Å². The standard InChI is InChI=1S/C22H22ClFN4O2/c23-18-8-6-17(7-9-18)22(30)27-14-12-26(13-15-27)16-21(29)28(11-3-10-25)20-5-2-1-4-19(20)24/h1-2,4-9H,3,11-16H2. The number of anilines is 1. The minimum absolute atomic E-state index is 0.0698. The van der Waals surface area contributed by atoms with Crippen molar-refractivity contribution >= 4 is 29.1 Å². The molecule has 0 N–H and O–H groups in total. The van der Waals surface area contributed by atoms with Gasteiger partial charge in [-0.3, -0.25) is 14.5 Å². The number of amides is 2. The average Bonchev–Trinajstić information content (AvgIpc) is 2.76. The highest BCUT2D eigenvalue weighted by Gasteiger charge is 2.26. The van der Waals surface area contributed by atoms with E-state index in [-0.39, 0.29) is 37.0 Å². The summed E-state index contributed by atoms with van der Waals surface area (Å²) in [6.45, 7) is 2.29. The molecule has 0 aromatic heterocycles. The Morgan fingerprint density at radius 2 is 1.73 bits per heavy atom. The summed E-state index contributed by atoms with van der Waals surface area (Å²) in [4.78, 5) is 30.5. The SMILES string of the molecule is N#CCCN(C(=O)CN1CCN(C(=O)c2ccc(Cl)cc2)CC1)c1ccccc1F. The summed E-state index contributed by atoms with van der Waals surface area (Å²) in [6.07, 6.45) is 0.115. The Hall–Kier alpha value is -2.95. The first-order valence-corrected chi connectivity index (χ1v) is 10.1. The molecule has 0 atom stereocenters. The van der Waals surface area contributed by atoms with Crippen LogP contribution in [0.15, 0.2) is 48.5 Å². The number of rotatable bonds is 6. The highest BCUT2D eigenvalue weighted by Crippen LogP contribution is 2.20. The van der Waals surface area contributed by atoms with Crippen molar-refractivity contribution in [1.29, 1.82) is 5.26 Å². The van der Waals surface area contributed by atoms with Gasteiger partial charge in [-0.15, -0.1) is 0 Å². The number of nitrogens with zero attached hydrogens (tertiary/aromatic N) is 4. The molecule has 0 saturated carbocycles. The molecular formula is C22H22ClFN4O2. The molecule has 1 fully saturated rings. The molecule has 1 aliphatic rings. The van der Waals surface area contributed by atoms with Crippen molar-refractivity contribution in [2.45, 2.75) is 6.42 Å². The number of hydrogen-bond donors (Lipinski definition) is 0. The van der Waals surface area contributed by atoms with E-state index in [0.717, 1.165) is 0 Å². The highest BCUT2D eigenvalue weighted by atomic mass is 35.5. The monoisotopic (exact) mass is 428 g/mol. The van der Waals surface area contributed by atoms with E-state index in [9.17, 15) is 14.0 Å². The summed E-state index contributed by atoms with van der Waals surface area (Å²) < 4.78 is 14.2. The van der Waals surface area contributed by atoms with Crippen LogP contribution in [0.5, 0.6) is 0 Å². The molecule has 0 spiro atoms. The zero-order chi connectivity index (χ0) is 21.5. The first kappa shape index (κ1) is 21.8. The summed E-state index contributed by atoms with van der Waals surface area (Å²) in [5, 5.41) is 9.46. The third-order valence-electron chi connectivity index (χ3n) is 5.00. The largest absolute Gasteiger partial charge is 0.336 e. The maximum absolute atomic E-state index is 14.2. The molecule has 2 aromatic carbocycles. The van der Waals surface area contributed by atoms with Crippen LogP contribution < -0.4 is 4.90 Å². The zero-order valence-corrected chi connectivity index (χ0v) is 17.2. The summed E-state index contributed by atoms with van der Waals surface area (Å²) in [6, 6.07) is 14.8. The van der Waals surface area contributed by atoms with Crippen LogP contribution in [0.4, 0.5) is 10.1 Å². The van der Waals surface area contributed by atoms with Crippen LogP contribution in [-0.2, 0) is 4.79 Å². The molecule has 2 aromatic rings. The first-order chi connectivity index (χ1) is 14.5. The molecule has 3 rings (SSSR count). The molecule has 0 radical (unpaired) electrons. The summed E-state index contributed by atoms with van der Waals surface area (Å²) >= 11 is 5.87. The molecule has 30 heavy (non-hydrogen) atoms. The lowest BCUT2D eigenvalue weighted by molar-refractivity contribution is -0.120. The fourth-order valence-corrected chi connectivity index (χ4v) is 3.50. The van der Waals surface area contributed by atoms with Crippen LogP contribution in [0, 0.1) is 17.1 Å². The molecule has 0 aliphatic carbocycles. The predicted octanol–water partition coefficient (Wildman–Crippen LogP) is 3.18. The maximum atomic E-state index is 14.2. The van der Waals surface area contributed by atoms with E-state index in [2.05, 4.69) is 0 Å². The Kier molecular flexibility index (Phi) is 7.39. The Bertz CT molecular complexity index is 937. The third-order valence-corrected chi connectivity index (χ3v) is 5.25. The number of piperazine rings is 1. The van der Waals surface area contributed by atoms with Crippen molar-refractivity contribution < 1.29 is 14.0 Å². The molecule has 1 aliphatic heterocycles. The van der Waals surface area contributed by atoms with Crippen molar-refractivity contribution in [3.8, 4) is 6.07 Å². The van der Waals surface area contributed by atoms with Gasteiger partial charge in [0, 0.05) is 43.3 Å². The first-order valence-electron chi connectivity index (χ1n) is 9.68. The fourth-order valence-electron chi connectivity index (χ4n) is 3.37. The van der Waals surface area contributed by atoms with Crippen LogP contribution in [0.25, 0.3) is 0 Å². The van der Waals surface area contributed by atoms with Crippen LogP contribution in [0.2, 0.25) is 5.02 Å². The van der Waals surface area contributed by atoms with Gasteiger partial charge in [0.1, 0.15) is 5.82 Å². The normalized spacial score (nSPS) is 14.2. The van der Waals surface area contributed by atoms with Crippen molar-refractivity contribution in [1.82, 2.24) is 9.80 Å². The van der Waals surface area contributed by atoms with Gasteiger partial charge in [0.15, 0.2) is 0 Å². The number of para-hydroxylation sites is 1. The Labute approximate surface area is 180 Å². The molecule has 156 valence electrons. The number of hydrogen-bond acceptors (Lipinski definition) is 4. The zero-order valence-electron chi connectivity index (χ0n) is 16.4. The second-order valence-electron chi connectivity index (χ2n) is 6.98. The molecule has 2 amide bonds. The molecule has 0 bridgehead atoms. The molecule has 8 heteroatoms. The van der Waals surface area contributed by atoms with Crippen molar-refractivity contribution in [2.24, 2.45) is 0 Å². The van der Waals surface area contributed by atoms with Gasteiger partial charge < -0.3 is 9.80 Å². The summed E-state index contributed by atoms with van der Waals surface area (Å²) in [5.74, 6) is -0.838. The van der Waals surface area contributed by atoms with E-state index in [4.69, 9.17) is 16.9 Å². The second-order valence-corrected chi connectivity index (χ2v) is 7.42. The maximum Gasteiger partial charge on any atom is 0.253 e. The summed E-state index contributed by atoms with van der Waals surface area (Å²) in [7, 11) is 0. The fraction of sp³-hybridized carbons (Fsp3) is 0.318. The van der Waals surface area contributed by atoms with Gasteiger partial charge in [-0.1, -0.05) is 23.7 Å². The number of carbonyl (C=O) groups is 2. The number of nitriles is 1. The lowest BCUT2D eigenvalue weighted by Crippen LogP contribution is -2.51. The quantitative estimate of drug-likeness (QED) is 0.708. The van der Waals surface area contributed by atoms with Crippen molar-refractivity contribution in [3.63, 3.8) is 0 Å². The minimum Gasteiger partial charge on any atom is -0.336 e. The second kappa shape index (κ2) is 10.2. The number of carbonyl (C=O) groups excluding carboxylic acids is 2. The molecular weight excluding hydrogens is 407 g/mol. The third kappa shape index (κ3) is 5.35. The van der Waals surface area contributed by atoms with Gasteiger partial charge in [-0.2, -0.15) is 5.26 Å². The smallest absolute Gasteiger partial charge is 0.253 e. The molecule has 1 heterocycles. The summed E-state index contributed by atoms with van der Waals surface area (Å²) in [5.41, 5.74) is 0.750. The van der Waals surface area contributed by atoms with Gasteiger partial charge in [-0.25, -0.2) is 4.39 Å². The molecule has 1 saturated heterocycles. The van der Waals surface area contributed by atoms with E-state index in [1.54, 1.807) is 41.3 Å². The van der Waals surface area contributed by atoms with Gasteiger partial charge in [0.2, 0.25) is 5.91 Å². The lowest BCUT2D eigenvalue weighted by Gasteiger charge is -2.35. The topological polar surface area (TPSA) is 67.7 Å². The van der Waals surface area contributed by atoms with Gasteiger partial charge >= 0.3 is 0 Å². The van der Waals surface area contributed by atoms with E-state index in [0.29, 0.717) is 36.8 Å². The van der Waals surface area contributed by atoms with Gasteiger partial charge in [0.25, 0.3) is 5.91 Å². The van der Waals surface area contributed by atoms with E-state index in [1.165, 1.54) is 17.0 Å². The number of benzene rings is 2. The Balaban J connectivity index is 1.59. The van der Waals surface area contributed by atoms with Crippen LogP contribution >= 0.6 is 11.6 Å². The van der Waals surface area contributed by atoms with Crippen molar-refractivity contribution in [2.75, 3.05) is 44.2 Å².